The Kier molecular flexibility index (Phi) is 4.94. The zero-order chi connectivity index (χ0) is 21.7. The lowest BCUT2D eigenvalue weighted by atomic mass is 9.89. The lowest BCUT2D eigenvalue weighted by Crippen LogP contribution is -2.39. The highest BCUT2D eigenvalue weighted by atomic mass is 32.2. The van der Waals surface area contributed by atoms with E-state index in [0.717, 1.165) is 22.5 Å². The SMILES string of the molecule is O=C1CCC(c2ccc3c(c2)CN(S(=O)(=O)c2ccccc2C(F)(F)F)C3)C(=O)N1. The molecule has 6 nitrogen and oxygen atoms in total. The molecule has 0 radical (unpaired) electrons. The zero-order valence-electron chi connectivity index (χ0n) is 15.6. The van der Waals surface area contributed by atoms with E-state index in [2.05, 4.69) is 5.32 Å². The Morgan fingerprint density at radius 3 is 2.40 bits per heavy atom. The topological polar surface area (TPSA) is 83.6 Å². The minimum Gasteiger partial charge on any atom is -0.296 e. The molecule has 1 atom stereocenters. The lowest BCUT2D eigenvalue weighted by molar-refractivity contribution is -0.140. The Bertz CT molecular complexity index is 1140. The van der Waals surface area contributed by atoms with E-state index in [4.69, 9.17) is 0 Å². The molecule has 1 saturated heterocycles. The average Bonchev–Trinajstić information content (AvgIpc) is 3.11. The largest absolute Gasteiger partial charge is 0.417 e. The van der Waals surface area contributed by atoms with Gasteiger partial charge in [0, 0.05) is 19.5 Å². The van der Waals surface area contributed by atoms with Gasteiger partial charge >= 0.3 is 6.18 Å². The fourth-order valence-corrected chi connectivity index (χ4v) is 5.45. The van der Waals surface area contributed by atoms with Crippen molar-refractivity contribution >= 4 is 21.8 Å². The molecular formula is C20H17F3N2O4S. The summed E-state index contributed by atoms with van der Waals surface area (Å²) >= 11 is 0. The summed E-state index contributed by atoms with van der Waals surface area (Å²) in [5.41, 5.74) is 0.739. The second kappa shape index (κ2) is 7.21. The number of hydrogen-bond acceptors (Lipinski definition) is 4. The molecule has 1 N–H and O–H groups in total. The summed E-state index contributed by atoms with van der Waals surface area (Å²) < 4.78 is 66.9. The third-order valence-corrected chi connectivity index (χ3v) is 7.23. The van der Waals surface area contributed by atoms with Crippen LogP contribution in [-0.2, 0) is 38.9 Å². The number of rotatable bonds is 3. The molecular weight excluding hydrogens is 421 g/mol. The van der Waals surface area contributed by atoms with Gasteiger partial charge in [-0.3, -0.25) is 14.9 Å². The third-order valence-electron chi connectivity index (χ3n) is 5.38. The number of piperidine rings is 1. The van der Waals surface area contributed by atoms with Crippen molar-refractivity contribution in [3.63, 3.8) is 0 Å². The molecule has 158 valence electrons. The molecule has 0 spiro atoms. The van der Waals surface area contributed by atoms with E-state index in [-0.39, 0.29) is 25.4 Å². The van der Waals surface area contributed by atoms with Crippen LogP contribution >= 0.6 is 0 Å². The molecule has 2 aliphatic heterocycles. The molecule has 0 aromatic heterocycles. The first-order chi connectivity index (χ1) is 14.1. The number of fused-ring (bicyclic) bond motifs is 1. The van der Waals surface area contributed by atoms with Crippen LogP contribution in [0.5, 0.6) is 0 Å². The molecule has 2 amide bonds. The summed E-state index contributed by atoms with van der Waals surface area (Å²) in [6, 6.07) is 9.17. The Morgan fingerprint density at radius 1 is 1.00 bits per heavy atom. The monoisotopic (exact) mass is 438 g/mol. The van der Waals surface area contributed by atoms with E-state index in [1.54, 1.807) is 18.2 Å². The van der Waals surface area contributed by atoms with E-state index in [0.29, 0.717) is 23.1 Å². The first-order valence-corrected chi connectivity index (χ1v) is 10.6. The molecule has 1 unspecified atom stereocenters. The van der Waals surface area contributed by atoms with Crippen molar-refractivity contribution < 1.29 is 31.2 Å². The van der Waals surface area contributed by atoms with Gasteiger partial charge in [0.15, 0.2) is 0 Å². The second-order valence-corrected chi connectivity index (χ2v) is 9.21. The maximum atomic E-state index is 13.3. The van der Waals surface area contributed by atoms with Crippen molar-refractivity contribution in [1.82, 2.24) is 9.62 Å². The van der Waals surface area contributed by atoms with Gasteiger partial charge in [0.2, 0.25) is 21.8 Å². The van der Waals surface area contributed by atoms with Gasteiger partial charge in [-0.15, -0.1) is 0 Å². The van der Waals surface area contributed by atoms with Crippen LogP contribution in [0.15, 0.2) is 47.4 Å². The van der Waals surface area contributed by atoms with Crippen molar-refractivity contribution in [2.45, 2.75) is 42.9 Å². The van der Waals surface area contributed by atoms with Gasteiger partial charge in [-0.1, -0.05) is 30.3 Å². The van der Waals surface area contributed by atoms with Gasteiger partial charge < -0.3 is 0 Å². The quantitative estimate of drug-likeness (QED) is 0.747. The van der Waals surface area contributed by atoms with Gasteiger partial charge in [-0.05, 0) is 35.2 Å². The van der Waals surface area contributed by atoms with E-state index < -0.39 is 38.5 Å². The summed E-state index contributed by atoms with van der Waals surface area (Å²) in [7, 11) is -4.39. The summed E-state index contributed by atoms with van der Waals surface area (Å²) in [4.78, 5) is 22.7. The van der Waals surface area contributed by atoms with Crippen LogP contribution in [-0.4, -0.2) is 24.5 Å². The molecule has 0 aliphatic carbocycles. The predicted octanol–water partition coefficient (Wildman–Crippen LogP) is 2.93. The van der Waals surface area contributed by atoms with Crippen molar-refractivity contribution in [1.29, 1.82) is 0 Å². The molecule has 1 fully saturated rings. The summed E-state index contributed by atoms with van der Waals surface area (Å²) in [5, 5.41) is 2.28. The van der Waals surface area contributed by atoms with Gasteiger partial charge in [0.25, 0.3) is 0 Å². The number of sulfonamides is 1. The molecule has 4 rings (SSSR count). The summed E-state index contributed by atoms with van der Waals surface area (Å²) in [5.74, 6) is -1.27. The number of carbonyl (C=O) groups excluding carboxylic acids is 2. The van der Waals surface area contributed by atoms with Crippen molar-refractivity contribution in [2.75, 3.05) is 0 Å². The Morgan fingerprint density at radius 2 is 1.70 bits per heavy atom. The number of nitrogens with zero attached hydrogens (tertiary/aromatic N) is 1. The predicted molar refractivity (Wildman–Crippen MR) is 99.4 cm³/mol. The Labute approximate surface area is 170 Å². The fraction of sp³-hybridized carbons (Fsp3) is 0.300. The Balaban J connectivity index is 1.63. The van der Waals surface area contributed by atoms with E-state index in [9.17, 15) is 31.2 Å². The molecule has 2 aromatic rings. The number of nitrogens with one attached hydrogen (secondary N) is 1. The third kappa shape index (κ3) is 3.61. The fourth-order valence-electron chi connectivity index (χ4n) is 3.85. The van der Waals surface area contributed by atoms with Gasteiger partial charge in [0.05, 0.1) is 16.4 Å². The maximum Gasteiger partial charge on any atom is 0.417 e. The number of alkyl halides is 3. The molecule has 30 heavy (non-hydrogen) atoms. The molecule has 0 saturated carbocycles. The van der Waals surface area contributed by atoms with Gasteiger partial charge in [-0.2, -0.15) is 17.5 Å². The van der Waals surface area contributed by atoms with Crippen LogP contribution in [0.2, 0.25) is 0 Å². The van der Waals surface area contributed by atoms with Crippen LogP contribution in [0.25, 0.3) is 0 Å². The smallest absolute Gasteiger partial charge is 0.296 e. The van der Waals surface area contributed by atoms with Crippen LogP contribution in [0.1, 0.15) is 41.0 Å². The normalized spacial score (nSPS) is 20.2. The standard InChI is InChI=1S/C20H17F3N2O4S/c21-20(22,23)16-3-1-2-4-17(16)30(28,29)25-10-13-6-5-12(9-14(13)11-25)15-7-8-18(26)24-19(15)27/h1-6,9,15H,7-8,10-11H2,(H,24,26,27). The minimum atomic E-state index is -4.80. The van der Waals surface area contributed by atoms with Crippen LogP contribution in [0, 0.1) is 0 Å². The molecule has 2 heterocycles. The lowest BCUT2D eigenvalue weighted by Gasteiger charge is -2.21. The van der Waals surface area contributed by atoms with E-state index in [1.165, 1.54) is 6.07 Å². The van der Waals surface area contributed by atoms with Crippen molar-refractivity contribution in [3.8, 4) is 0 Å². The Hall–Kier alpha value is -2.72. The number of carbonyl (C=O) groups is 2. The highest BCUT2D eigenvalue weighted by Gasteiger charge is 2.40. The molecule has 0 bridgehead atoms. The van der Waals surface area contributed by atoms with Crippen molar-refractivity contribution in [2.24, 2.45) is 0 Å². The van der Waals surface area contributed by atoms with E-state index >= 15 is 0 Å². The number of amides is 2. The van der Waals surface area contributed by atoms with Crippen LogP contribution in [0.4, 0.5) is 13.2 Å². The first-order valence-electron chi connectivity index (χ1n) is 9.19. The number of halogens is 3. The van der Waals surface area contributed by atoms with Crippen molar-refractivity contribution in [3.05, 3.63) is 64.7 Å². The van der Waals surface area contributed by atoms with Crippen LogP contribution in [0.3, 0.4) is 0 Å². The number of benzene rings is 2. The second-order valence-electron chi connectivity index (χ2n) is 7.30. The molecule has 2 aliphatic rings. The number of hydrogen-bond donors (Lipinski definition) is 1. The van der Waals surface area contributed by atoms with Crippen LogP contribution < -0.4 is 5.32 Å². The van der Waals surface area contributed by atoms with Gasteiger partial charge in [0.1, 0.15) is 0 Å². The highest BCUT2D eigenvalue weighted by Crippen LogP contribution is 2.38. The molecule has 10 heteroatoms. The zero-order valence-corrected chi connectivity index (χ0v) is 16.4. The highest BCUT2D eigenvalue weighted by molar-refractivity contribution is 7.89. The average molecular weight is 438 g/mol. The minimum absolute atomic E-state index is 0.0561. The maximum absolute atomic E-state index is 13.3. The summed E-state index contributed by atoms with van der Waals surface area (Å²) in [6.45, 7) is -0.148. The van der Waals surface area contributed by atoms with E-state index in [1.807, 2.05) is 0 Å². The molecule has 2 aromatic carbocycles. The summed E-state index contributed by atoms with van der Waals surface area (Å²) in [6.07, 6.45) is -4.23. The first kappa shape index (κ1) is 20.5. The number of imide groups is 1. The van der Waals surface area contributed by atoms with Gasteiger partial charge in [-0.25, -0.2) is 8.42 Å².